The molecule has 0 fully saturated rings. The van der Waals surface area contributed by atoms with Gasteiger partial charge in [-0.1, -0.05) is 36.4 Å². The van der Waals surface area contributed by atoms with Gasteiger partial charge in [0.2, 0.25) is 5.89 Å². The van der Waals surface area contributed by atoms with Crippen LogP contribution in [0.3, 0.4) is 0 Å². The SMILES string of the molecule is COc1oc(C2=CCCN(C)C2)nc1Cc1ccccc1.O=C(O)C=CC(=O)O. The van der Waals surface area contributed by atoms with E-state index in [1.807, 2.05) is 18.2 Å². The van der Waals surface area contributed by atoms with Gasteiger partial charge in [-0.2, -0.15) is 0 Å². The van der Waals surface area contributed by atoms with E-state index in [1.54, 1.807) is 7.11 Å². The van der Waals surface area contributed by atoms with Gasteiger partial charge in [0.15, 0.2) is 0 Å². The highest BCUT2D eigenvalue weighted by molar-refractivity contribution is 5.89. The van der Waals surface area contributed by atoms with Crippen molar-refractivity contribution in [3.63, 3.8) is 0 Å². The number of hydrogen-bond donors (Lipinski definition) is 2. The molecule has 0 amide bonds. The number of oxazole rings is 1. The highest BCUT2D eigenvalue weighted by Gasteiger charge is 2.19. The van der Waals surface area contributed by atoms with Crippen molar-refractivity contribution < 1.29 is 29.0 Å². The number of hydrogen-bond acceptors (Lipinski definition) is 6. The minimum atomic E-state index is -1.26. The van der Waals surface area contributed by atoms with E-state index in [0.717, 1.165) is 37.2 Å². The average Bonchev–Trinajstić information content (AvgIpc) is 3.10. The molecule has 0 saturated carbocycles. The van der Waals surface area contributed by atoms with Gasteiger partial charge in [0.05, 0.1) is 7.11 Å². The van der Waals surface area contributed by atoms with Crippen LogP contribution in [0, 0.1) is 0 Å². The number of carboxylic acids is 2. The molecule has 0 atom stereocenters. The summed E-state index contributed by atoms with van der Waals surface area (Å²) >= 11 is 0. The second-order valence-electron chi connectivity index (χ2n) is 6.39. The van der Waals surface area contributed by atoms with Crippen molar-refractivity contribution in [2.24, 2.45) is 0 Å². The molecule has 1 aliphatic heterocycles. The number of methoxy groups -OCH3 is 1. The minimum Gasteiger partial charge on any atom is -0.478 e. The molecule has 3 rings (SSSR count). The average molecular weight is 400 g/mol. The smallest absolute Gasteiger partial charge is 0.328 e. The first-order valence-electron chi connectivity index (χ1n) is 8.98. The van der Waals surface area contributed by atoms with Crippen LogP contribution in [0.5, 0.6) is 5.95 Å². The monoisotopic (exact) mass is 400 g/mol. The summed E-state index contributed by atoms with van der Waals surface area (Å²) in [4.78, 5) is 26.0. The van der Waals surface area contributed by atoms with Crippen LogP contribution in [0.15, 0.2) is 53.0 Å². The van der Waals surface area contributed by atoms with E-state index in [0.29, 0.717) is 24.0 Å². The molecule has 154 valence electrons. The second kappa shape index (κ2) is 10.8. The summed E-state index contributed by atoms with van der Waals surface area (Å²) in [6.07, 6.45) is 5.07. The molecule has 0 spiro atoms. The number of aliphatic carboxylic acids is 2. The van der Waals surface area contributed by atoms with Gasteiger partial charge >= 0.3 is 17.9 Å². The van der Waals surface area contributed by atoms with Crippen molar-refractivity contribution >= 4 is 17.5 Å². The van der Waals surface area contributed by atoms with Crippen molar-refractivity contribution in [2.45, 2.75) is 12.8 Å². The lowest BCUT2D eigenvalue weighted by Gasteiger charge is -2.20. The zero-order chi connectivity index (χ0) is 21.2. The number of likely N-dealkylation sites (N-methyl/N-ethyl adjacent to an activating group) is 1. The van der Waals surface area contributed by atoms with E-state index in [2.05, 4.69) is 35.1 Å². The van der Waals surface area contributed by atoms with E-state index in [1.165, 1.54) is 5.56 Å². The Bertz CT molecular complexity index is 870. The predicted molar refractivity (Wildman–Crippen MR) is 107 cm³/mol. The van der Waals surface area contributed by atoms with Crippen LogP contribution in [0.4, 0.5) is 0 Å². The van der Waals surface area contributed by atoms with Crippen LogP contribution in [0.2, 0.25) is 0 Å². The number of carbonyl (C=O) groups is 2. The summed E-state index contributed by atoms with van der Waals surface area (Å²) in [7, 11) is 3.73. The molecule has 1 aliphatic rings. The molecule has 0 bridgehead atoms. The van der Waals surface area contributed by atoms with Gasteiger partial charge in [0.25, 0.3) is 0 Å². The van der Waals surface area contributed by atoms with Gasteiger partial charge in [0, 0.05) is 37.2 Å². The second-order valence-corrected chi connectivity index (χ2v) is 6.39. The van der Waals surface area contributed by atoms with Crippen LogP contribution in [-0.2, 0) is 16.0 Å². The summed E-state index contributed by atoms with van der Waals surface area (Å²) in [6.45, 7) is 1.95. The molecule has 1 aromatic heterocycles. The van der Waals surface area contributed by atoms with Crippen molar-refractivity contribution in [1.29, 1.82) is 0 Å². The molecule has 29 heavy (non-hydrogen) atoms. The lowest BCUT2D eigenvalue weighted by molar-refractivity contribution is -0.134. The Morgan fingerprint density at radius 3 is 2.41 bits per heavy atom. The number of ether oxygens (including phenoxy) is 1. The number of rotatable bonds is 6. The summed E-state index contributed by atoms with van der Waals surface area (Å²) in [5, 5.41) is 15.6. The fourth-order valence-corrected chi connectivity index (χ4v) is 2.73. The van der Waals surface area contributed by atoms with Gasteiger partial charge in [-0.25, -0.2) is 14.6 Å². The fraction of sp³-hybridized carbons (Fsp3) is 0.286. The summed E-state index contributed by atoms with van der Waals surface area (Å²) in [5.74, 6) is -1.31. The Labute approximate surface area is 168 Å². The quantitative estimate of drug-likeness (QED) is 0.712. The zero-order valence-corrected chi connectivity index (χ0v) is 16.4. The van der Waals surface area contributed by atoms with E-state index in [-0.39, 0.29) is 0 Å². The molecule has 8 heteroatoms. The highest BCUT2D eigenvalue weighted by Crippen LogP contribution is 2.28. The Balaban J connectivity index is 0.000000321. The Kier molecular flexibility index (Phi) is 8.17. The molecule has 2 aromatic rings. The fourth-order valence-electron chi connectivity index (χ4n) is 2.73. The number of aromatic nitrogens is 1. The standard InChI is InChI=1S/C17H20N2O2.C4H4O4/c1-19-10-6-9-14(12-19)16-18-15(17(20-2)21-16)11-13-7-4-3-5-8-13;5-3(6)1-2-4(7)8/h3-5,7-9H,6,10-12H2,1-2H3;1-2H,(H,5,6)(H,7,8). The first-order valence-corrected chi connectivity index (χ1v) is 8.98. The van der Waals surface area contributed by atoms with Crippen LogP contribution in [-0.4, -0.2) is 59.3 Å². The van der Waals surface area contributed by atoms with E-state index >= 15 is 0 Å². The normalized spacial score (nSPS) is 14.1. The zero-order valence-electron chi connectivity index (χ0n) is 16.4. The summed E-state index contributed by atoms with van der Waals surface area (Å²) < 4.78 is 11.1. The summed E-state index contributed by atoms with van der Waals surface area (Å²) in [5.41, 5.74) is 3.19. The predicted octanol–water partition coefficient (Wildman–Crippen LogP) is 2.70. The van der Waals surface area contributed by atoms with Crippen LogP contribution in [0.25, 0.3) is 5.57 Å². The molecule has 2 N–H and O–H groups in total. The van der Waals surface area contributed by atoms with Crippen molar-refractivity contribution in [3.8, 4) is 5.95 Å². The van der Waals surface area contributed by atoms with Gasteiger partial charge in [-0.15, -0.1) is 0 Å². The molecule has 1 aromatic carbocycles. The molecule has 0 radical (unpaired) electrons. The maximum Gasteiger partial charge on any atom is 0.328 e. The molecular weight excluding hydrogens is 376 g/mol. The minimum absolute atomic E-state index is 0.517. The van der Waals surface area contributed by atoms with Crippen LogP contribution >= 0.6 is 0 Å². The molecule has 0 saturated heterocycles. The lowest BCUT2D eigenvalue weighted by atomic mass is 10.1. The van der Waals surface area contributed by atoms with Crippen molar-refractivity contribution in [3.05, 3.63) is 65.7 Å². The van der Waals surface area contributed by atoms with Gasteiger partial charge < -0.3 is 24.3 Å². The van der Waals surface area contributed by atoms with Crippen LogP contribution in [0.1, 0.15) is 23.6 Å². The molecule has 0 unspecified atom stereocenters. The molecule has 0 aliphatic carbocycles. The third-order valence-corrected chi connectivity index (χ3v) is 4.05. The van der Waals surface area contributed by atoms with Crippen molar-refractivity contribution in [2.75, 3.05) is 27.2 Å². The third-order valence-electron chi connectivity index (χ3n) is 4.05. The van der Waals surface area contributed by atoms with Crippen molar-refractivity contribution in [1.82, 2.24) is 9.88 Å². The maximum atomic E-state index is 9.55. The van der Waals surface area contributed by atoms with Crippen LogP contribution < -0.4 is 4.74 Å². The molecule has 8 nitrogen and oxygen atoms in total. The third kappa shape index (κ3) is 7.27. The molecule has 2 heterocycles. The lowest BCUT2D eigenvalue weighted by Crippen LogP contribution is -2.25. The highest BCUT2D eigenvalue weighted by atomic mass is 16.6. The number of carboxylic acid groups (broad SMARTS) is 2. The van der Waals surface area contributed by atoms with E-state index in [4.69, 9.17) is 19.4 Å². The van der Waals surface area contributed by atoms with Gasteiger partial charge in [0.1, 0.15) is 5.69 Å². The largest absolute Gasteiger partial charge is 0.478 e. The maximum absolute atomic E-state index is 9.55. The Morgan fingerprint density at radius 2 is 1.86 bits per heavy atom. The van der Waals surface area contributed by atoms with E-state index < -0.39 is 11.9 Å². The molecular formula is C21H24N2O6. The topological polar surface area (TPSA) is 113 Å². The number of nitrogens with zero attached hydrogens (tertiary/aromatic N) is 2. The first kappa shape index (κ1) is 21.9. The van der Waals surface area contributed by atoms with E-state index in [9.17, 15) is 9.59 Å². The number of benzene rings is 1. The van der Waals surface area contributed by atoms with Gasteiger partial charge in [-0.05, 0) is 19.0 Å². The Hall–Kier alpha value is -3.39. The first-order chi connectivity index (χ1) is 13.9. The Morgan fingerprint density at radius 1 is 1.21 bits per heavy atom. The summed E-state index contributed by atoms with van der Waals surface area (Å²) in [6, 6.07) is 10.2. The van der Waals surface area contributed by atoms with Gasteiger partial charge in [-0.3, -0.25) is 0 Å².